The van der Waals surface area contributed by atoms with Crippen molar-refractivity contribution in [3.8, 4) is 6.01 Å². The Labute approximate surface area is 112 Å². The molecule has 1 aromatic heterocycles. The predicted octanol–water partition coefficient (Wildman–Crippen LogP) is 0.450. The first-order valence-electron chi connectivity index (χ1n) is 6.67. The van der Waals surface area contributed by atoms with E-state index in [1.807, 2.05) is 18.7 Å². The third kappa shape index (κ3) is 3.44. The molecule has 0 aliphatic carbocycles. The second-order valence-electron chi connectivity index (χ2n) is 4.90. The molecule has 2 heterocycles. The van der Waals surface area contributed by atoms with Gasteiger partial charge < -0.3 is 20.5 Å². The fourth-order valence-corrected chi connectivity index (χ4v) is 2.08. The van der Waals surface area contributed by atoms with Crippen LogP contribution in [0.1, 0.15) is 26.7 Å². The number of rotatable bonds is 4. The second kappa shape index (κ2) is 6.01. The van der Waals surface area contributed by atoms with Gasteiger partial charge in [0.05, 0.1) is 12.7 Å². The fourth-order valence-electron chi connectivity index (χ4n) is 2.08. The first kappa shape index (κ1) is 13.8. The topological polar surface area (TPSA) is 97.4 Å². The summed E-state index contributed by atoms with van der Waals surface area (Å²) >= 11 is 0. The predicted molar refractivity (Wildman–Crippen MR) is 72.0 cm³/mol. The Morgan fingerprint density at radius 3 is 2.89 bits per heavy atom. The van der Waals surface area contributed by atoms with Crippen LogP contribution in [0.5, 0.6) is 6.01 Å². The Hall–Kier alpha value is -1.63. The number of nitrogen functional groups attached to an aromatic ring is 1. The molecule has 1 fully saturated rings. The van der Waals surface area contributed by atoms with Crippen molar-refractivity contribution in [3.05, 3.63) is 0 Å². The second-order valence-corrected chi connectivity index (χ2v) is 4.90. The molecule has 2 rings (SSSR count). The Morgan fingerprint density at radius 1 is 1.42 bits per heavy atom. The van der Waals surface area contributed by atoms with Crippen LogP contribution in [0.15, 0.2) is 0 Å². The van der Waals surface area contributed by atoms with Gasteiger partial charge in [-0.3, -0.25) is 0 Å². The van der Waals surface area contributed by atoms with Crippen molar-refractivity contribution in [1.29, 1.82) is 0 Å². The molecule has 0 aromatic carbocycles. The molecule has 106 valence electrons. The smallest absolute Gasteiger partial charge is 0.323 e. The van der Waals surface area contributed by atoms with Crippen molar-refractivity contribution >= 4 is 11.9 Å². The molecular weight excluding hydrogens is 246 g/mol. The lowest BCUT2D eigenvalue weighted by Crippen LogP contribution is -2.42. The molecule has 7 heteroatoms. The average Bonchev–Trinajstić information content (AvgIpc) is 2.39. The summed E-state index contributed by atoms with van der Waals surface area (Å²) in [5, 5.41) is 9.74. The van der Waals surface area contributed by atoms with Crippen LogP contribution in [0.2, 0.25) is 0 Å². The highest BCUT2D eigenvalue weighted by atomic mass is 16.5. The van der Waals surface area contributed by atoms with Crippen LogP contribution >= 0.6 is 0 Å². The lowest BCUT2D eigenvalue weighted by molar-refractivity contribution is 0.0966. The molecule has 3 N–H and O–H groups in total. The van der Waals surface area contributed by atoms with E-state index < -0.39 is 0 Å². The van der Waals surface area contributed by atoms with Gasteiger partial charge in [0, 0.05) is 13.1 Å². The van der Waals surface area contributed by atoms with Gasteiger partial charge in [0.25, 0.3) is 0 Å². The van der Waals surface area contributed by atoms with Gasteiger partial charge in [-0.1, -0.05) is 13.8 Å². The largest absolute Gasteiger partial charge is 0.463 e. The zero-order valence-electron chi connectivity index (χ0n) is 11.4. The Bertz CT molecular complexity index is 429. The standard InChI is InChI=1S/C12H21N5O2/c1-3-6-19-12-15-10(13)14-11(16-12)17-5-4-9(18)8(2)7-17/h8-9,18H,3-7H2,1-2H3,(H2,13,14,15,16). The Kier molecular flexibility index (Phi) is 4.36. The summed E-state index contributed by atoms with van der Waals surface area (Å²) < 4.78 is 5.40. The number of anilines is 2. The molecule has 1 saturated heterocycles. The molecule has 19 heavy (non-hydrogen) atoms. The molecule has 1 aromatic rings. The van der Waals surface area contributed by atoms with Crippen molar-refractivity contribution in [3.63, 3.8) is 0 Å². The van der Waals surface area contributed by atoms with Crippen molar-refractivity contribution in [2.45, 2.75) is 32.8 Å². The van der Waals surface area contributed by atoms with E-state index in [1.165, 1.54) is 0 Å². The van der Waals surface area contributed by atoms with Crippen molar-refractivity contribution in [2.24, 2.45) is 5.92 Å². The molecule has 0 amide bonds. The van der Waals surface area contributed by atoms with Crippen LogP contribution in [0.3, 0.4) is 0 Å². The summed E-state index contributed by atoms with van der Waals surface area (Å²) in [6.07, 6.45) is 1.33. The van der Waals surface area contributed by atoms with Crippen LogP contribution in [0, 0.1) is 5.92 Å². The van der Waals surface area contributed by atoms with Crippen LogP contribution < -0.4 is 15.4 Å². The molecule has 0 radical (unpaired) electrons. The van der Waals surface area contributed by atoms with Gasteiger partial charge in [-0.15, -0.1) is 0 Å². The fraction of sp³-hybridized carbons (Fsp3) is 0.750. The molecule has 1 aliphatic heterocycles. The SMILES string of the molecule is CCCOc1nc(N)nc(N2CCC(O)C(C)C2)n1. The van der Waals surface area contributed by atoms with E-state index in [0.29, 0.717) is 32.1 Å². The minimum Gasteiger partial charge on any atom is -0.463 e. The van der Waals surface area contributed by atoms with E-state index in [4.69, 9.17) is 10.5 Å². The highest BCUT2D eigenvalue weighted by Crippen LogP contribution is 2.22. The van der Waals surface area contributed by atoms with Gasteiger partial charge in [0.15, 0.2) is 0 Å². The number of aromatic nitrogens is 3. The number of aliphatic hydroxyl groups is 1. The maximum Gasteiger partial charge on any atom is 0.323 e. The van der Waals surface area contributed by atoms with Crippen molar-refractivity contribution in [2.75, 3.05) is 30.3 Å². The lowest BCUT2D eigenvalue weighted by atomic mass is 9.97. The summed E-state index contributed by atoms with van der Waals surface area (Å²) in [7, 11) is 0. The normalized spacial score (nSPS) is 23.4. The number of aliphatic hydroxyl groups excluding tert-OH is 1. The van der Waals surface area contributed by atoms with E-state index >= 15 is 0 Å². The van der Waals surface area contributed by atoms with Crippen LogP contribution in [0.4, 0.5) is 11.9 Å². The van der Waals surface area contributed by atoms with Gasteiger partial charge in [-0.05, 0) is 18.8 Å². The highest BCUT2D eigenvalue weighted by Gasteiger charge is 2.26. The van der Waals surface area contributed by atoms with Crippen LogP contribution in [0.25, 0.3) is 0 Å². The van der Waals surface area contributed by atoms with E-state index in [1.54, 1.807) is 0 Å². The summed E-state index contributed by atoms with van der Waals surface area (Å²) in [5.41, 5.74) is 5.68. The zero-order chi connectivity index (χ0) is 13.8. The minimum absolute atomic E-state index is 0.162. The number of ether oxygens (including phenoxy) is 1. The molecule has 0 spiro atoms. The van der Waals surface area contributed by atoms with Gasteiger partial charge in [0.1, 0.15) is 0 Å². The maximum atomic E-state index is 9.74. The number of hydrogen-bond donors (Lipinski definition) is 2. The molecule has 7 nitrogen and oxygen atoms in total. The lowest BCUT2D eigenvalue weighted by Gasteiger charge is -2.34. The van der Waals surface area contributed by atoms with E-state index in [-0.39, 0.29) is 24.0 Å². The van der Waals surface area contributed by atoms with E-state index in [0.717, 1.165) is 6.42 Å². The van der Waals surface area contributed by atoms with Crippen LogP contribution in [-0.2, 0) is 0 Å². The molecule has 2 atom stereocenters. The zero-order valence-corrected chi connectivity index (χ0v) is 11.4. The summed E-state index contributed by atoms with van der Waals surface area (Å²) in [5.74, 6) is 0.874. The molecule has 1 aliphatic rings. The minimum atomic E-state index is -0.258. The monoisotopic (exact) mass is 267 g/mol. The molecule has 0 saturated carbocycles. The number of nitrogens with zero attached hydrogens (tertiary/aromatic N) is 4. The summed E-state index contributed by atoms with van der Waals surface area (Å²) in [6.45, 7) is 5.99. The Morgan fingerprint density at radius 2 is 2.21 bits per heavy atom. The van der Waals surface area contributed by atoms with E-state index in [2.05, 4.69) is 15.0 Å². The van der Waals surface area contributed by atoms with Crippen molar-refractivity contribution in [1.82, 2.24) is 15.0 Å². The first-order chi connectivity index (χ1) is 9.10. The third-order valence-corrected chi connectivity index (χ3v) is 3.20. The third-order valence-electron chi connectivity index (χ3n) is 3.20. The first-order valence-corrected chi connectivity index (χ1v) is 6.67. The number of nitrogens with two attached hydrogens (primary N) is 1. The number of hydrogen-bond acceptors (Lipinski definition) is 7. The van der Waals surface area contributed by atoms with Gasteiger partial charge in [-0.25, -0.2) is 0 Å². The highest BCUT2D eigenvalue weighted by molar-refractivity contribution is 5.36. The molecule has 2 unspecified atom stereocenters. The van der Waals surface area contributed by atoms with E-state index in [9.17, 15) is 5.11 Å². The van der Waals surface area contributed by atoms with Gasteiger partial charge in [-0.2, -0.15) is 15.0 Å². The van der Waals surface area contributed by atoms with Crippen molar-refractivity contribution < 1.29 is 9.84 Å². The summed E-state index contributed by atoms with van der Waals surface area (Å²) in [6, 6.07) is 0.267. The van der Waals surface area contributed by atoms with Gasteiger partial charge >= 0.3 is 6.01 Å². The average molecular weight is 267 g/mol. The molecular formula is C12H21N5O2. The number of piperidine rings is 1. The molecule has 0 bridgehead atoms. The Balaban J connectivity index is 2.13. The van der Waals surface area contributed by atoms with Gasteiger partial charge in [0.2, 0.25) is 11.9 Å². The maximum absolute atomic E-state index is 9.74. The summed E-state index contributed by atoms with van der Waals surface area (Å²) in [4.78, 5) is 14.4. The quantitative estimate of drug-likeness (QED) is 0.817. The van der Waals surface area contributed by atoms with Crippen LogP contribution in [-0.4, -0.2) is 45.9 Å².